The van der Waals surface area contributed by atoms with Crippen LogP contribution in [-0.2, 0) is 6.54 Å². The van der Waals surface area contributed by atoms with E-state index in [1.807, 2.05) is 16.0 Å². The second-order valence-corrected chi connectivity index (χ2v) is 7.20. The SMILES string of the molecule is c1cc2nc(C3CC3)sc2cc1NCc1nnnn1C1CC1. The molecular weight excluding hydrogens is 296 g/mol. The number of benzene rings is 1. The fourth-order valence-corrected chi connectivity index (χ4v) is 3.85. The summed E-state index contributed by atoms with van der Waals surface area (Å²) in [6.45, 7) is 0.656. The van der Waals surface area contributed by atoms with Crippen LogP contribution in [0, 0.1) is 0 Å². The normalized spacial score (nSPS) is 18.0. The number of hydrogen-bond acceptors (Lipinski definition) is 6. The van der Waals surface area contributed by atoms with Crippen LogP contribution in [0.25, 0.3) is 10.2 Å². The van der Waals surface area contributed by atoms with Crippen molar-refractivity contribution >= 4 is 27.2 Å². The summed E-state index contributed by atoms with van der Waals surface area (Å²) in [5.74, 6) is 1.63. The minimum absolute atomic E-state index is 0.511. The largest absolute Gasteiger partial charge is 0.378 e. The van der Waals surface area contributed by atoms with Gasteiger partial charge in [0.2, 0.25) is 0 Å². The highest BCUT2D eigenvalue weighted by Gasteiger charge is 2.28. The van der Waals surface area contributed by atoms with Gasteiger partial charge in [0.25, 0.3) is 0 Å². The van der Waals surface area contributed by atoms with E-state index in [-0.39, 0.29) is 0 Å². The first-order valence-corrected chi connectivity index (χ1v) is 8.59. The Labute approximate surface area is 131 Å². The minimum Gasteiger partial charge on any atom is -0.378 e. The van der Waals surface area contributed by atoms with Crippen LogP contribution < -0.4 is 5.32 Å². The lowest BCUT2D eigenvalue weighted by Gasteiger charge is -2.06. The topological polar surface area (TPSA) is 68.5 Å². The van der Waals surface area contributed by atoms with Crippen molar-refractivity contribution in [2.45, 2.75) is 44.2 Å². The average Bonchev–Trinajstić information content (AvgIpc) is 3.46. The van der Waals surface area contributed by atoms with Crippen molar-refractivity contribution < 1.29 is 0 Å². The van der Waals surface area contributed by atoms with Gasteiger partial charge in [-0.2, -0.15) is 0 Å². The first kappa shape index (κ1) is 12.5. The first-order valence-electron chi connectivity index (χ1n) is 7.78. The summed E-state index contributed by atoms with van der Waals surface area (Å²) >= 11 is 1.83. The van der Waals surface area contributed by atoms with E-state index < -0.39 is 0 Å². The molecule has 2 fully saturated rings. The molecule has 112 valence electrons. The maximum atomic E-state index is 4.73. The third kappa shape index (κ3) is 2.25. The number of aromatic nitrogens is 5. The van der Waals surface area contributed by atoms with E-state index in [1.165, 1.54) is 35.4 Å². The van der Waals surface area contributed by atoms with Crippen molar-refractivity contribution in [3.8, 4) is 0 Å². The zero-order valence-electron chi connectivity index (χ0n) is 12.1. The summed E-state index contributed by atoms with van der Waals surface area (Å²) in [6.07, 6.45) is 4.98. The molecule has 7 heteroatoms. The number of hydrogen-bond donors (Lipinski definition) is 1. The molecule has 2 aliphatic carbocycles. The molecule has 22 heavy (non-hydrogen) atoms. The van der Waals surface area contributed by atoms with Gasteiger partial charge in [0.1, 0.15) is 0 Å². The number of thiazole rings is 1. The molecule has 2 aromatic heterocycles. The van der Waals surface area contributed by atoms with Gasteiger partial charge in [-0.25, -0.2) is 9.67 Å². The van der Waals surface area contributed by atoms with Crippen molar-refractivity contribution in [3.05, 3.63) is 29.0 Å². The third-order valence-corrected chi connectivity index (χ3v) is 5.42. The highest BCUT2D eigenvalue weighted by molar-refractivity contribution is 7.18. The number of anilines is 1. The molecule has 0 unspecified atom stereocenters. The van der Waals surface area contributed by atoms with E-state index in [1.54, 1.807) is 0 Å². The third-order valence-electron chi connectivity index (χ3n) is 4.24. The molecule has 0 aliphatic heterocycles. The Morgan fingerprint density at radius 2 is 2.14 bits per heavy atom. The second kappa shape index (κ2) is 4.74. The van der Waals surface area contributed by atoms with Gasteiger partial charge in [-0.05, 0) is 54.3 Å². The molecule has 5 rings (SSSR count). The average molecular weight is 312 g/mol. The Morgan fingerprint density at radius 1 is 1.23 bits per heavy atom. The molecular formula is C15H16N6S. The lowest BCUT2D eigenvalue weighted by Crippen LogP contribution is -2.08. The van der Waals surface area contributed by atoms with Crippen LogP contribution in [0.1, 0.15) is 48.5 Å². The van der Waals surface area contributed by atoms with Crippen molar-refractivity contribution in [1.29, 1.82) is 0 Å². The van der Waals surface area contributed by atoms with E-state index in [2.05, 4.69) is 39.0 Å². The van der Waals surface area contributed by atoms with E-state index in [0.717, 1.165) is 22.9 Å². The van der Waals surface area contributed by atoms with Crippen LogP contribution in [0.3, 0.4) is 0 Å². The molecule has 0 spiro atoms. The lowest BCUT2D eigenvalue weighted by atomic mass is 10.3. The molecule has 0 saturated heterocycles. The van der Waals surface area contributed by atoms with Crippen LogP contribution in [0.4, 0.5) is 5.69 Å². The molecule has 0 bridgehead atoms. The monoisotopic (exact) mass is 312 g/mol. The Morgan fingerprint density at radius 3 is 2.95 bits per heavy atom. The highest BCUT2D eigenvalue weighted by Crippen LogP contribution is 2.43. The number of rotatable bonds is 5. The summed E-state index contributed by atoms with van der Waals surface area (Å²) in [6, 6.07) is 6.88. The van der Waals surface area contributed by atoms with Gasteiger partial charge in [0.05, 0.1) is 27.8 Å². The summed E-state index contributed by atoms with van der Waals surface area (Å²) in [5, 5.41) is 16.7. The number of nitrogens with one attached hydrogen (secondary N) is 1. The summed E-state index contributed by atoms with van der Waals surface area (Å²) in [4.78, 5) is 4.73. The van der Waals surface area contributed by atoms with Crippen LogP contribution in [0.15, 0.2) is 18.2 Å². The summed E-state index contributed by atoms with van der Waals surface area (Å²) < 4.78 is 3.21. The molecule has 1 aromatic carbocycles. The molecule has 0 amide bonds. The molecule has 6 nitrogen and oxygen atoms in total. The van der Waals surface area contributed by atoms with E-state index in [4.69, 9.17) is 4.98 Å². The van der Waals surface area contributed by atoms with Gasteiger partial charge in [-0.15, -0.1) is 16.4 Å². The first-order chi connectivity index (χ1) is 10.9. The fourth-order valence-electron chi connectivity index (χ4n) is 2.67. The Balaban J connectivity index is 1.36. The van der Waals surface area contributed by atoms with Crippen molar-refractivity contribution in [2.75, 3.05) is 5.32 Å². The maximum Gasteiger partial charge on any atom is 0.170 e. The second-order valence-electron chi connectivity index (χ2n) is 6.13. The van der Waals surface area contributed by atoms with Crippen LogP contribution in [0.5, 0.6) is 0 Å². The van der Waals surface area contributed by atoms with Crippen LogP contribution in [0.2, 0.25) is 0 Å². The number of nitrogens with zero attached hydrogens (tertiary/aromatic N) is 5. The van der Waals surface area contributed by atoms with Gasteiger partial charge in [-0.1, -0.05) is 0 Å². The Kier molecular flexibility index (Phi) is 2.70. The molecule has 2 saturated carbocycles. The van der Waals surface area contributed by atoms with Crippen molar-refractivity contribution in [3.63, 3.8) is 0 Å². The Hall–Kier alpha value is -2.02. The van der Waals surface area contributed by atoms with E-state index in [9.17, 15) is 0 Å². The highest BCUT2D eigenvalue weighted by atomic mass is 32.1. The van der Waals surface area contributed by atoms with Crippen LogP contribution in [-0.4, -0.2) is 25.2 Å². The van der Waals surface area contributed by atoms with E-state index in [0.29, 0.717) is 12.6 Å². The Bertz CT molecular complexity index is 830. The predicted octanol–water partition coefficient (Wildman–Crippen LogP) is 3.11. The van der Waals surface area contributed by atoms with Crippen LogP contribution >= 0.6 is 11.3 Å². The molecule has 0 atom stereocenters. The number of fused-ring (bicyclic) bond motifs is 1. The molecule has 1 N–H and O–H groups in total. The van der Waals surface area contributed by atoms with Crippen molar-refractivity contribution in [1.82, 2.24) is 25.2 Å². The van der Waals surface area contributed by atoms with Gasteiger partial charge in [-0.3, -0.25) is 0 Å². The van der Waals surface area contributed by atoms with Gasteiger partial charge in [0.15, 0.2) is 5.82 Å². The molecule has 3 aromatic rings. The van der Waals surface area contributed by atoms with Gasteiger partial charge in [0, 0.05) is 11.6 Å². The minimum atomic E-state index is 0.511. The lowest BCUT2D eigenvalue weighted by molar-refractivity contribution is 0.586. The summed E-state index contributed by atoms with van der Waals surface area (Å²) in [5.41, 5.74) is 2.21. The molecule has 2 heterocycles. The summed E-state index contributed by atoms with van der Waals surface area (Å²) in [7, 11) is 0. The predicted molar refractivity (Wildman–Crippen MR) is 85.0 cm³/mol. The quantitative estimate of drug-likeness (QED) is 0.784. The maximum absolute atomic E-state index is 4.73. The van der Waals surface area contributed by atoms with E-state index >= 15 is 0 Å². The van der Waals surface area contributed by atoms with Gasteiger partial charge < -0.3 is 5.32 Å². The fraction of sp³-hybridized carbons (Fsp3) is 0.467. The standard InChI is InChI=1S/C15H16N6S/c1-2-9(1)15-17-12-6-3-10(7-13(12)22-15)16-8-14-18-19-20-21(14)11-4-5-11/h3,6-7,9,11,16H,1-2,4-5,8H2. The number of tetrazole rings is 1. The smallest absolute Gasteiger partial charge is 0.170 e. The zero-order chi connectivity index (χ0) is 14.5. The van der Waals surface area contributed by atoms with Crippen molar-refractivity contribution in [2.24, 2.45) is 0 Å². The molecule has 2 aliphatic rings. The zero-order valence-corrected chi connectivity index (χ0v) is 12.9. The molecule has 0 radical (unpaired) electrons. The van der Waals surface area contributed by atoms with Gasteiger partial charge >= 0.3 is 0 Å².